The molecule has 0 spiro atoms. The molecule has 0 aromatic heterocycles. The number of rotatable bonds is 6. The highest BCUT2D eigenvalue weighted by Gasteiger charge is 2.12. The number of hydrogen-bond donors (Lipinski definition) is 2. The molecule has 0 aliphatic rings. The largest absolute Gasteiger partial charge is 0.481 e. The minimum absolute atomic E-state index is 0. The van der Waals surface area contributed by atoms with E-state index in [-0.39, 0.29) is 24.9 Å². The highest BCUT2D eigenvalue weighted by Crippen LogP contribution is 2.32. The van der Waals surface area contributed by atoms with Gasteiger partial charge in [-0.2, -0.15) is 0 Å². The van der Waals surface area contributed by atoms with E-state index in [1.54, 1.807) is 0 Å². The van der Waals surface area contributed by atoms with Gasteiger partial charge in [-0.3, -0.25) is 4.79 Å². The summed E-state index contributed by atoms with van der Waals surface area (Å²) in [5.41, 5.74) is 5.56. The summed E-state index contributed by atoms with van der Waals surface area (Å²) in [4.78, 5) is 10.2. The van der Waals surface area contributed by atoms with Crippen LogP contribution in [0.1, 0.15) is 13.3 Å². The molecule has 4 nitrogen and oxygen atoms in total. The van der Waals surface area contributed by atoms with E-state index >= 15 is 0 Å². The minimum Gasteiger partial charge on any atom is -0.481 e. The Morgan fingerprint density at radius 1 is 1.69 bits per heavy atom. The van der Waals surface area contributed by atoms with E-state index in [2.05, 4.69) is 0 Å². The van der Waals surface area contributed by atoms with E-state index in [0.717, 1.165) is 0 Å². The summed E-state index contributed by atoms with van der Waals surface area (Å²) in [5.74, 6) is -0.845. The predicted octanol–water partition coefficient (Wildman–Crippen LogP) is 1.27. The Kier molecular flexibility index (Phi) is 10.4. The molecule has 0 fully saturated rings. The first kappa shape index (κ1) is 15.6. The van der Waals surface area contributed by atoms with Crippen LogP contribution >= 0.6 is 20.6 Å². The fourth-order valence-corrected chi connectivity index (χ4v) is 2.23. The summed E-state index contributed by atoms with van der Waals surface area (Å²) in [7, 11) is -0.539. The van der Waals surface area contributed by atoms with Crippen LogP contribution in [0.2, 0.25) is 0 Å². The number of carboxylic acids is 1. The third kappa shape index (κ3) is 10.0. The molecule has 13 heavy (non-hydrogen) atoms. The van der Waals surface area contributed by atoms with Crippen molar-refractivity contribution in [3.05, 3.63) is 0 Å². The molecule has 0 radical (unpaired) electrons. The lowest BCUT2D eigenvalue weighted by Crippen LogP contribution is -2.27. The lowest BCUT2D eigenvalue weighted by molar-refractivity contribution is -0.137. The van der Waals surface area contributed by atoms with Crippen LogP contribution in [0.5, 0.6) is 0 Å². The predicted molar refractivity (Wildman–Crippen MR) is 56.8 cm³/mol. The maximum absolute atomic E-state index is 10.2. The fourth-order valence-electron chi connectivity index (χ4n) is 0.892. The van der Waals surface area contributed by atoms with Crippen molar-refractivity contribution in [3.63, 3.8) is 0 Å². The number of nitrogens with two attached hydrogens (primary N) is 1. The lowest BCUT2D eigenvalue weighted by atomic mass is 10.2. The zero-order valence-electron chi connectivity index (χ0n) is 7.90. The van der Waals surface area contributed by atoms with Crippen molar-refractivity contribution < 1.29 is 14.4 Å². The third-order valence-electron chi connectivity index (χ3n) is 1.28. The Balaban J connectivity index is 0. The second kappa shape index (κ2) is 8.70. The van der Waals surface area contributed by atoms with Crippen molar-refractivity contribution in [3.8, 4) is 0 Å². The van der Waals surface area contributed by atoms with Gasteiger partial charge in [0.05, 0.1) is 6.42 Å². The molecule has 0 aliphatic heterocycles. The molecule has 0 aromatic rings. The lowest BCUT2D eigenvalue weighted by Gasteiger charge is -2.15. The van der Waals surface area contributed by atoms with Crippen LogP contribution in [0.3, 0.4) is 0 Å². The zero-order chi connectivity index (χ0) is 9.56. The third-order valence-corrected chi connectivity index (χ3v) is 2.96. The van der Waals surface area contributed by atoms with Gasteiger partial charge in [0.1, 0.15) is 0 Å². The van der Waals surface area contributed by atoms with Gasteiger partial charge in [0.2, 0.25) is 0 Å². The van der Waals surface area contributed by atoms with Crippen LogP contribution in [-0.2, 0) is 9.32 Å². The van der Waals surface area contributed by atoms with E-state index in [1.807, 2.05) is 13.6 Å². The van der Waals surface area contributed by atoms with E-state index < -0.39 is 14.1 Å². The summed E-state index contributed by atoms with van der Waals surface area (Å²) in [6, 6.07) is -0.273. The summed E-state index contributed by atoms with van der Waals surface area (Å²) < 4.78 is 5.29. The highest BCUT2D eigenvalue weighted by molar-refractivity contribution is 7.51. The van der Waals surface area contributed by atoms with Gasteiger partial charge in [0, 0.05) is 27.0 Å². The summed E-state index contributed by atoms with van der Waals surface area (Å²) in [6.45, 7) is 4.55. The van der Waals surface area contributed by atoms with Gasteiger partial charge in [-0.05, 0) is 13.6 Å². The van der Waals surface area contributed by atoms with Crippen molar-refractivity contribution >= 4 is 26.5 Å². The number of carboxylic acid groups (broad SMARTS) is 1. The zero-order valence-corrected chi connectivity index (χ0v) is 9.61. The molecular weight excluding hydrogens is 213 g/mol. The molecule has 0 saturated carbocycles. The van der Waals surface area contributed by atoms with Gasteiger partial charge in [0.25, 0.3) is 0 Å². The number of hydrogen-bond acceptors (Lipinski definition) is 3. The van der Waals surface area contributed by atoms with Crippen LogP contribution in [0, 0.1) is 0 Å². The average Bonchev–Trinajstić information content (AvgIpc) is 1.84. The monoisotopic (exact) mass is 229 g/mol. The van der Waals surface area contributed by atoms with Crippen molar-refractivity contribution in [2.45, 2.75) is 19.4 Å². The molecule has 6 heteroatoms. The first-order valence-electron chi connectivity index (χ1n) is 3.87. The Bertz CT molecular complexity index is 148. The molecule has 0 heterocycles. The Morgan fingerprint density at radius 3 is 2.62 bits per heavy atom. The maximum Gasteiger partial charge on any atom is 0.304 e. The number of halogens is 1. The Labute approximate surface area is 86.1 Å². The van der Waals surface area contributed by atoms with Gasteiger partial charge in [-0.1, -0.05) is 0 Å². The first-order chi connectivity index (χ1) is 5.56. The minimum atomic E-state index is -0.845. The molecule has 0 saturated heterocycles. The topological polar surface area (TPSA) is 72.5 Å². The molecule has 0 bridgehead atoms. The molecule has 2 atom stereocenters. The van der Waals surface area contributed by atoms with E-state index in [4.69, 9.17) is 15.4 Å². The molecule has 80 valence electrons. The molecule has 1 unspecified atom stereocenters. The SMILES string of the molecule is CCOP(C)C[C@@H](N)CC(=O)O.Cl. The molecule has 0 rings (SSSR count). The fraction of sp³-hybridized carbons (Fsp3) is 0.857. The van der Waals surface area contributed by atoms with Gasteiger partial charge in [-0.15, -0.1) is 12.4 Å². The normalized spacial score (nSPS) is 14.4. The molecule has 0 aliphatic carbocycles. The van der Waals surface area contributed by atoms with Crippen LogP contribution in [0.15, 0.2) is 0 Å². The van der Waals surface area contributed by atoms with Crippen LogP contribution in [0.4, 0.5) is 0 Å². The van der Waals surface area contributed by atoms with Gasteiger partial charge >= 0.3 is 5.97 Å². The van der Waals surface area contributed by atoms with Gasteiger partial charge < -0.3 is 15.4 Å². The van der Waals surface area contributed by atoms with E-state index in [0.29, 0.717) is 12.8 Å². The summed E-state index contributed by atoms with van der Waals surface area (Å²) in [6.07, 6.45) is 0.690. The van der Waals surface area contributed by atoms with Crippen LogP contribution < -0.4 is 5.73 Å². The Hall–Kier alpha value is 0.110. The van der Waals surface area contributed by atoms with Crippen LogP contribution in [-0.4, -0.2) is 36.6 Å². The van der Waals surface area contributed by atoms with Crippen LogP contribution in [0.25, 0.3) is 0 Å². The molecular formula is C7H17ClNO3P. The van der Waals surface area contributed by atoms with Gasteiger partial charge in [-0.25, -0.2) is 0 Å². The van der Waals surface area contributed by atoms with E-state index in [9.17, 15) is 4.79 Å². The smallest absolute Gasteiger partial charge is 0.304 e. The van der Waals surface area contributed by atoms with Crippen molar-refractivity contribution in [1.29, 1.82) is 0 Å². The second-order valence-corrected chi connectivity index (χ2v) is 4.47. The quantitative estimate of drug-likeness (QED) is 0.673. The highest BCUT2D eigenvalue weighted by atomic mass is 35.5. The average molecular weight is 230 g/mol. The number of aliphatic carboxylic acids is 1. The molecule has 3 N–H and O–H groups in total. The Morgan fingerprint density at radius 2 is 2.23 bits per heavy atom. The van der Waals surface area contributed by atoms with Gasteiger partial charge in [0.15, 0.2) is 0 Å². The summed E-state index contributed by atoms with van der Waals surface area (Å²) >= 11 is 0. The van der Waals surface area contributed by atoms with Crippen molar-refractivity contribution in [1.82, 2.24) is 0 Å². The number of carbonyl (C=O) groups is 1. The molecule has 0 aromatic carbocycles. The van der Waals surface area contributed by atoms with E-state index in [1.165, 1.54) is 0 Å². The van der Waals surface area contributed by atoms with Crippen molar-refractivity contribution in [2.75, 3.05) is 19.4 Å². The summed E-state index contributed by atoms with van der Waals surface area (Å²) in [5, 5.41) is 8.41. The first-order valence-corrected chi connectivity index (χ1v) is 5.76. The van der Waals surface area contributed by atoms with Crippen molar-refractivity contribution in [2.24, 2.45) is 5.73 Å². The standard InChI is InChI=1S/C7H16NO3P.ClH/c1-3-11-12(2)5-6(8)4-7(9)10;/h6H,3-5,8H2,1-2H3,(H,9,10);1H/t6-,12?;/m0./s1. The second-order valence-electron chi connectivity index (χ2n) is 2.59. The maximum atomic E-state index is 10.2. The molecule has 0 amide bonds.